The molecule has 0 atom stereocenters. The van der Waals surface area contributed by atoms with Gasteiger partial charge in [-0.2, -0.15) is 5.21 Å². The Labute approximate surface area is 92.7 Å². The minimum absolute atomic E-state index is 0.499. The zero-order valence-electron chi connectivity index (χ0n) is 9.01. The Bertz CT molecular complexity index is 425. The van der Waals surface area contributed by atoms with E-state index in [1.807, 2.05) is 6.07 Å². The van der Waals surface area contributed by atoms with Crippen molar-refractivity contribution in [2.75, 3.05) is 5.32 Å². The van der Waals surface area contributed by atoms with Gasteiger partial charge in [-0.05, 0) is 6.42 Å². The van der Waals surface area contributed by atoms with Crippen LogP contribution in [0.15, 0.2) is 12.4 Å². The molecule has 0 saturated carbocycles. The lowest BCUT2D eigenvalue weighted by atomic mass is 10.2. The fourth-order valence-electron chi connectivity index (χ4n) is 1.31. The molecule has 16 heavy (non-hydrogen) atoms. The minimum Gasteiger partial charge on any atom is -0.363 e. The maximum atomic E-state index is 4.17. The number of rotatable bonds is 5. The molecule has 0 spiro atoms. The largest absolute Gasteiger partial charge is 0.363 e. The SMILES string of the molecule is CCCc1cc(NCc2nn[nH]n2)ncn1. The third-order valence-corrected chi connectivity index (χ3v) is 2.05. The van der Waals surface area contributed by atoms with Crippen molar-refractivity contribution in [3.8, 4) is 0 Å². The number of hydrogen-bond acceptors (Lipinski definition) is 6. The zero-order chi connectivity index (χ0) is 11.2. The molecule has 2 aromatic rings. The molecule has 2 heterocycles. The highest BCUT2D eigenvalue weighted by molar-refractivity contribution is 5.34. The van der Waals surface area contributed by atoms with Crippen LogP contribution in [0.2, 0.25) is 0 Å². The molecule has 0 bridgehead atoms. The summed E-state index contributed by atoms with van der Waals surface area (Å²) in [6.45, 7) is 2.62. The van der Waals surface area contributed by atoms with Gasteiger partial charge in [0, 0.05) is 11.8 Å². The van der Waals surface area contributed by atoms with Gasteiger partial charge in [0.1, 0.15) is 12.1 Å². The first kappa shape index (κ1) is 10.5. The van der Waals surface area contributed by atoms with Gasteiger partial charge < -0.3 is 5.32 Å². The molecular formula is C9H13N7. The van der Waals surface area contributed by atoms with Crippen LogP contribution in [0.1, 0.15) is 24.9 Å². The van der Waals surface area contributed by atoms with E-state index in [4.69, 9.17) is 0 Å². The molecule has 0 aliphatic heterocycles. The topological polar surface area (TPSA) is 92.3 Å². The molecule has 7 heteroatoms. The molecule has 0 saturated heterocycles. The Balaban J connectivity index is 1.96. The molecule has 7 nitrogen and oxygen atoms in total. The van der Waals surface area contributed by atoms with Crippen molar-refractivity contribution < 1.29 is 0 Å². The summed E-state index contributed by atoms with van der Waals surface area (Å²) in [6, 6.07) is 1.93. The van der Waals surface area contributed by atoms with Gasteiger partial charge in [-0.15, -0.1) is 10.2 Å². The summed E-state index contributed by atoms with van der Waals surface area (Å²) in [5, 5.41) is 16.7. The maximum absolute atomic E-state index is 4.17. The molecule has 2 rings (SSSR count). The Kier molecular flexibility index (Phi) is 3.37. The predicted molar refractivity (Wildman–Crippen MR) is 57.5 cm³/mol. The Morgan fingerprint density at radius 2 is 2.31 bits per heavy atom. The number of tetrazole rings is 1. The fraction of sp³-hybridized carbons (Fsp3) is 0.444. The van der Waals surface area contributed by atoms with E-state index in [1.54, 1.807) is 6.33 Å². The number of aromatic nitrogens is 6. The van der Waals surface area contributed by atoms with Crippen molar-refractivity contribution in [1.29, 1.82) is 0 Å². The van der Waals surface area contributed by atoms with Crippen LogP contribution in [-0.2, 0) is 13.0 Å². The van der Waals surface area contributed by atoms with Crippen molar-refractivity contribution in [2.45, 2.75) is 26.3 Å². The first-order valence-electron chi connectivity index (χ1n) is 5.15. The summed E-state index contributed by atoms with van der Waals surface area (Å²) in [6.07, 6.45) is 3.59. The molecule has 0 radical (unpaired) electrons. The second-order valence-electron chi connectivity index (χ2n) is 3.33. The predicted octanol–water partition coefficient (Wildman–Crippen LogP) is 0.554. The zero-order valence-corrected chi connectivity index (χ0v) is 9.01. The van der Waals surface area contributed by atoms with Gasteiger partial charge in [0.15, 0.2) is 5.82 Å². The van der Waals surface area contributed by atoms with E-state index in [0.717, 1.165) is 24.4 Å². The van der Waals surface area contributed by atoms with Crippen molar-refractivity contribution in [2.24, 2.45) is 0 Å². The fourth-order valence-corrected chi connectivity index (χ4v) is 1.31. The van der Waals surface area contributed by atoms with Gasteiger partial charge in [-0.1, -0.05) is 18.6 Å². The van der Waals surface area contributed by atoms with E-state index < -0.39 is 0 Å². The number of nitrogens with one attached hydrogen (secondary N) is 2. The molecule has 0 unspecified atom stereocenters. The second kappa shape index (κ2) is 5.15. The molecule has 2 aromatic heterocycles. The average molecular weight is 219 g/mol. The van der Waals surface area contributed by atoms with Crippen LogP contribution in [0, 0.1) is 0 Å². The quantitative estimate of drug-likeness (QED) is 0.763. The summed E-state index contributed by atoms with van der Waals surface area (Å²) in [5.74, 6) is 1.39. The van der Waals surface area contributed by atoms with E-state index in [0.29, 0.717) is 12.4 Å². The number of aryl methyl sites for hydroxylation is 1. The first-order chi connectivity index (χ1) is 7.88. The van der Waals surface area contributed by atoms with Gasteiger partial charge in [0.05, 0.1) is 6.54 Å². The Morgan fingerprint density at radius 1 is 1.38 bits per heavy atom. The molecule has 2 N–H and O–H groups in total. The lowest BCUT2D eigenvalue weighted by Gasteiger charge is -2.03. The summed E-state index contributed by atoms with van der Waals surface area (Å²) in [7, 11) is 0. The lowest BCUT2D eigenvalue weighted by molar-refractivity contribution is 0.868. The van der Waals surface area contributed by atoms with Crippen molar-refractivity contribution >= 4 is 5.82 Å². The normalized spacial score (nSPS) is 10.3. The molecule has 0 aliphatic rings. The van der Waals surface area contributed by atoms with E-state index in [2.05, 4.69) is 42.8 Å². The van der Waals surface area contributed by atoms with Gasteiger partial charge in [0.2, 0.25) is 0 Å². The van der Waals surface area contributed by atoms with Gasteiger partial charge in [0.25, 0.3) is 0 Å². The molecule has 0 fully saturated rings. The highest BCUT2D eigenvalue weighted by atomic mass is 15.5. The third-order valence-electron chi connectivity index (χ3n) is 2.05. The van der Waals surface area contributed by atoms with E-state index in [1.165, 1.54) is 0 Å². The third kappa shape index (κ3) is 2.72. The van der Waals surface area contributed by atoms with Crippen LogP contribution in [0.25, 0.3) is 0 Å². The summed E-state index contributed by atoms with van der Waals surface area (Å²) in [5.41, 5.74) is 1.04. The number of anilines is 1. The van der Waals surface area contributed by atoms with Crippen LogP contribution in [0.4, 0.5) is 5.82 Å². The Hall–Kier alpha value is -2.05. The van der Waals surface area contributed by atoms with E-state index in [-0.39, 0.29) is 0 Å². The van der Waals surface area contributed by atoms with Crippen molar-refractivity contribution in [3.05, 3.63) is 23.9 Å². The number of hydrogen-bond donors (Lipinski definition) is 2. The van der Waals surface area contributed by atoms with Gasteiger partial charge >= 0.3 is 0 Å². The second-order valence-corrected chi connectivity index (χ2v) is 3.33. The first-order valence-corrected chi connectivity index (χ1v) is 5.15. The molecule has 0 amide bonds. The van der Waals surface area contributed by atoms with Crippen LogP contribution in [0.5, 0.6) is 0 Å². The van der Waals surface area contributed by atoms with Gasteiger partial charge in [-0.25, -0.2) is 9.97 Å². The van der Waals surface area contributed by atoms with E-state index >= 15 is 0 Å². The number of H-pyrrole nitrogens is 1. The van der Waals surface area contributed by atoms with Crippen molar-refractivity contribution in [1.82, 2.24) is 30.6 Å². The lowest BCUT2D eigenvalue weighted by Crippen LogP contribution is -2.04. The smallest absolute Gasteiger partial charge is 0.193 e. The maximum Gasteiger partial charge on any atom is 0.193 e. The monoisotopic (exact) mass is 219 g/mol. The van der Waals surface area contributed by atoms with Crippen LogP contribution >= 0.6 is 0 Å². The molecule has 84 valence electrons. The molecule has 0 aliphatic carbocycles. The van der Waals surface area contributed by atoms with Crippen LogP contribution in [0.3, 0.4) is 0 Å². The summed E-state index contributed by atoms with van der Waals surface area (Å²) < 4.78 is 0. The highest BCUT2D eigenvalue weighted by Crippen LogP contribution is 2.06. The molecular weight excluding hydrogens is 206 g/mol. The van der Waals surface area contributed by atoms with Crippen LogP contribution < -0.4 is 5.32 Å². The summed E-state index contributed by atoms with van der Waals surface area (Å²) >= 11 is 0. The number of aromatic amines is 1. The van der Waals surface area contributed by atoms with E-state index in [9.17, 15) is 0 Å². The molecule has 0 aromatic carbocycles. The minimum atomic E-state index is 0.499. The average Bonchev–Trinajstić information content (AvgIpc) is 2.80. The van der Waals surface area contributed by atoms with Gasteiger partial charge in [-0.3, -0.25) is 0 Å². The number of nitrogens with zero attached hydrogens (tertiary/aromatic N) is 5. The van der Waals surface area contributed by atoms with Crippen LogP contribution in [-0.4, -0.2) is 30.6 Å². The highest BCUT2D eigenvalue weighted by Gasteiger charge is 2.00. The van der Waals surface area contributed by atoms with Crippen molar-refractivity contribution in [3.63, 3.8) is 0 Å². The summed E-state index contributed by atoms with van der Waals surface area (Å²) in [4.78, 5) is 8.29. The standard InChI is InChI=1S/C9H13N7/c1-2-3-7-4-8(12-6-11-7)10-5-9-13-15-16-14-9/h4,6H,2-3,5H2,1H3,(H,10,11,12)(H,13,14,15,16). The Morgan fingerprint density at radius 3 is 3.06 bits per heavy atom.